The standard InChI is InChI=1S/C30H31F2N3O3/c1-19(33-27(36)17-20-15-23(31)18-24(32)16-20)29(37)34-28-25(21-9-5-3-6-10-21)13-14-26(35(2)30(28)38)22-11-7-4-8-12-22/h3-12,15-16,18-19,25-26,28H,13-14,17H2,1-2H3,(H,33,36)(H,34,37)/t19-,25+,26-,28-/m0/s1. The molecule has 3 aromatic carbocycles. The minimum Gasteiger partial charge on any atom is -0.344 e. The molecular weight excluding hydrogens is 488 g/mol. The quantitative estimate of drug-likeness (QED) is 0.489. The second-order valence-corrected chi connectivity index (χ2v) is 9.70. The highest BCUT2D eigenvalue weighted by Gasteiger charge is 2.39. The van der Waals surface area contributed by atoms with Crippen LogP contribution in [0.3, 0.4) is 0 Å². The number of likely N-dealkylation sites (tertiary alicyclic amines) is 1. The normalized spacial score (nSPS) is 20.4. The molecule has 8 heteroatoms. The van der Waals surface area contributed by atoms with Crippen LogP contribution in [0.25, 0.3) is 0 Å². The molecule has 38 heavy (non-hydrogen) atoms. The van der Waals surface area contributed by atoms with Crippen molar-refractivity contribution in [2.24, 2.45) is 0 Å². The summed E-state index contributed by atoms with van der Waals surface area (Å²) in [4.78, 5) is 41.1. The first-order valence-corrected chi connectivity index (χ1v) is 12.6. The number of hydrogen-bond acceptors (Lipinski definition) is 3. The van der Waals surface area contributed by atoms with E-state index in [0.717, 1.165) is 29.3 Å². The lowest BCUT2D eigenvalue weighted by Crippen LogP contribution is -2.54. The molecule has 3 amide bonds. The van der Waals surface area contributed by atoms with Crippen molar-refractivity contribution in [2.45, 2.75) is 50.2 Å². The van der Waals surface area contributed by atoms with E-state index >= 15 is 0 Å². The SMILES string of the molecule is C[C@H](NC(=O)Cc1cc(F)cc(F)c1)C(=O)N[C@@H]1C(=O)N(C)[C@H](c2ccccc2)CC[C@@H]1c1ccccc1. The summed E-state index contributed by atoms with van der Waals surface area (Å²) in [7, 11) is 1.75. The maximum Gasteiger partial charge on any atom is 0.246 e. The van der Waals surface area contributed by atoms with E-state index in [4.69, 9.17) is 0 Å². The Morgan fingerprint density at radius 1 is 0.921 bits per heavy atom. The first-order valence-electron chi connectivity index (χ1n) is 12.6. The van der Waals surface area contributed by atoms with E-state index in [2.05, 4.69) is 10.6 Å². The van der Waals surface area contributed by atoms with Crippen LogP contribution >= 0.6 is 0 Å². The molecule has 1 aliphatic rings. The minimum atomic E-state index is -0.969. The van der Waals surface area contributed by atoms with Crippen molar-refractivity contribution >= 4 is 17.7 Å². The number of rotatable bonds is 7. The van der Waals surface area contributed by atoms with Crippen LogP contribution < -0.4 is 10.6 Å². The minimum absolute atomic E-state index is 0.138. The van der Waals surface area contributed by atoms with Crippen LogP contribution in [0.1, 0.15) is 48.4 Å². The van der Waals surface area contributed by atoms with Crippen molar-refractivity contribution in [2.75, 3.05) is 7.05 Å². The zero-order chi connectivity index (χ0) is 27.2. The van der Waals surface area contributed by atoms with E-state index < -0.39 is 35.5 Å². The van der Waals surface area contributed by atoms with Gasteiger partial charge in [-0.05, 0) is 48.6 Å². The van der Waals surface area contributed by atoms with E-state index in [1.807, 2.05) is 60.7 Å². The number of nitrogens with zero attached hydrogens (tertiary/aromatic N) is 1. The maximum absolute atomic E-state index is 13.8. The largest absolute Gasteiger partial charge is 0.344 e. The van der Waals surface area contributed by atoms with Crippen molar-refractivity contribution in [3.05, 3.63) is 107 Å². The third-order valence-corrected chi connectivity index (χ3v) is 7.00. The second kappa shape index (κ2) is 12.0. The first-order chi connectivity index (χ1) is 18.2. The van der Waals surface area contributed by atoms with Crippen LogP contribution in [0, 0.1) is 11.6 Å². The molecule has 198 valence electrons. The van der Waals surface area contributed by atoms with E-state index in [1.165, 1.54) is 6.92 Å². The zero-order valence-corrected chi connectivity index (χ0v) is 21.4. The number of nitrogens with one attached hydrogen (secondary N) is 2. The molecule has 4 rings (SSSR count). The average Bonchev–Trinajstić information content (AvgIpc) is 3.01. The predicted octanol–water partition coefficient (Wildman–Crippen LogP) is 4.27. The monoisotopic (exact) mass is 519 g/mol. The molecule has 4 atom stereocenters. The Morgan fingerprint density at radius 2 is 1.50 bits per heavy atom. The Morgan fingerprint density at radius 3 is 2.11 bits per heavy atom. The third-order valence-electron chi connectivity index (χ3n) is 7.00. The van der Waals surface area contributed by atoms with Crippen molar-refractivity contribution in [1.82, 2.24) is 15.5 Å². The molecule has 0 aliphatic carbocycles. The molecule has 0 radical (unpaired) electrons. The summed E-state index contributed by atoms with van der Waals surface area (Å²) in [6.07, 6.45) is 1.09. The second-order valence-electron chi connectivity index (χ2n) is 9.70. The molecule has 0 bridgehead atoms. The molecule has 1 aliphatic heterocycles. The smallest absolute Gasteiger partial charge is 0.246 e. The fourth-order valence-corrected chi connectivity index (χ4v) is 5.06. The van der Waals surface area contributed by atoms with Crippen LogP contribution in [0.15, 0.2) is 78.9 Å². The summed E-state index contributed by atoms with van der Waals surface area (Å²) in [5, 5.41) is 5.45. The number of carbonyl (C=O) groups is 3. The van der Waals surface area contributed by atoms with E-state index in [1.54, 1.807) is 11.9 Å². The molecule has 1 fully saturated rings. The molecule has 3 aromatic rings. The number of likely N-dealkylation sites (N-methyl/N-ethyl adjacent to an activating group) is 1. The van der Waals surface area contributed by atoms with Gasteiger partial charge in [-0.1, -0.05) is 60.7 Å². The lowest BCUT2D eigenvalue weighted by molar-refractivity contribution is -0.137. The molecule has 2 N–H and O–H groups in total. The van der Waals surface area contributed by atoms with E-state index in [0.29, 0.717) is 12.8 Å². The van der Waals surface area contributed by atoms with Crippen molar-refractivity contribution in [3.63, 3.8) is 0 Å². The molecule has 0 spiro atoms. The Balaban J connectivity index is 1.51. The zero-order valence-electron chi connectivity index (χ0n) is 21.4. The Labute approximate surface area is 221 Å². The van der Waals surface area contributed by atoms with Crippen molar-refractivity contribution in [3.8, 4) is 0 Å². The third kappa shape index (κ3) is 6.43. The highest BCUT2D eigenvalue weighted by molar-refractivity contribution is 5.93. The van der Waals surface area contributed by atoms with Gasteiger partial charge >= 0.3 is 0 Å². The summed E-state index contributed by atoms with van der Waals surface area (Å²) in [5.41, 5.74) is 2.12. The van der Waals surface area contributed by atoms with Crippen LogP contribution in [0.2, 0.25) is 0 Å². The Hall–Kier alpha value is -4.07. The molecular formula is C30H31F2N3O3. The van der Waals surface area contributed by atoms with Gasteiger partial charge < -0.3 is 15.5 Å². The van der Waals surface area contributed by atoms with E-state index in [-0.39, 0.29) is 29.9 Å². The molecule has 1 heterocycles. The van der Waals surface area contributed by atoms with Gasteiger partial charge in [0.1, 0.15) is 23.7 Å². The number of carbonyl (C=O) groups excluding carboxylic acids is 3. The Bertz CT molecular complexity index is 1270. The summed E-state index contributed by atoms with van der Waals surface area (Å²) < 4.78 is 26.9. The highest BCUT2D eigenvalue weighted by atomic mass is 19.1. The fourth-order valence-electron chi connectivity index (χ4n) is 5.06. The molecule has 0 unspecified atom stereocenters. The molecule has 6 nitrogen and oxygen atoms in total. The fraction of sp³-hybridized carbons (Fsp3) is 0.300. The van der Waals surface area contributed by atoms with Crippen molar-refractivity contribution in [1.29, 1.82) is 0 Å². The van der Waals surface area contributed by atoms with Gasteiger partial charge in [-0.25, -0.2) is 8.78 Å². The summed E-state index contributed by atoms with van der Waals surface area (Å²) in [6.45, 7) is 1.51. The summed E-state index contributed by atoms with van der Waals surface area (Å²) >= 11 is 0. The number of amides is 3. The number of halogens is 2. The van der Waals surface area contributed by atoms with Crippen LogP contribution in [0.4, 0.5) is 8.78 Å². The molecule has 1 saturated heterocycles. The Kier molecular flexibility index (Phi) is 8.51. The number of hydrogen-bond donors (Lipinski definition) is 2. The predicted molar refractivity (Wildman–Crippen MR) is 140 cm³/mol. The van der Waals surface area contributed by atoms with Gasteiger partial charge in [-0.3, -0.25) is 14.4 Å². The molecule has 0 aromatic heterocycles. The average molecular weight is 520 g/mol. The van der Waals surface area contributed by atoms with Gasteiger partial charge in [0.2, 0.25) is 17.7 Å². The van der Waals surface area contributed by atoms with Gasteiger partial charge in [0.25, 0.3) is 0 Å². The first kappa shape index (κ1) is 27.0. The molecule has 0 saturated carbocycles. The van der Waals surface area contributed by atoms with Crippen LogP contribution in [0.5, 0.6) is 0 Å². The van der Waals surface area contributed by atoms with Gasteiger partial charge in [-0.2, -0.15) is 0 Å². The lowest BCUT2D eigenvalue weighted by atomic mass is 9.86. The number of benzene rings is 3. The van der Waals surface area contributed by atoms with Crippen molar-refractivity contribution < 1.29 is 23.2 Å². The van der Waals surface area contributed by atoms with Gasteiger partial charge in [0, 0.05) is 19.0 Å². The highest BCUT2D eigenvalue weighted by Crippen LogP contribution is 2.36. The van der Waals surface area contributed by atoms with Gasteiger partial charge in [-0.15, -0.1) is 0 Å². The van der Waals surface area contributed by atoms with Gasteiger partial charge in [0.15, 0.2) is 0 Å². The van der Waals surface area contributed by atoms with E-state index in [9.17, 15) is 23.2 Å². The summed E-state index contributed by atoms with van der Waals surface area (Å²) in [6, 6.07) is 20.3. The van der Waals surface area contributed by atoms with Crippen LogP contribution in [-0.2, 0) is 20.8 Å². The summed E-state index contributed by atoms with van der Waals surface area (Å²) in [5.74, 6) is -3.12. The van der Waals surface area contributed by atoms with Gasteiger partial charge in [0.05, 0.1) is 12.5 Å². The van der Waals surface area contributed by atoms with Crippen LogP contribution in [-0.4, -0.2) is 41.8 Å². The maximum atomic E-state index is 13.8. The lowest BCUT2D eigenvalue weighted by Gasteiger charge is -2.30. The topological polar surface area (TPSA) is 78.5 Å².